The second-order valence-electron chi connectivity index (χ2n) is 9.18. The van der Waals surface area contributed by atoms with Gasteiger partial charge in [-0.3, -0.25) is 10.1 Å². The van der Waals surface area contributed by atoms with E-state index in [-0.39, 0.29) is 28.8 Å². The van der Waals surface area contributed by atoms with Gasteiger partial charge in [-0.1, -0.05) is 62.4 Å². The molecule has 37 heavy (non-hydrogen) atoms. The number of aromatic nitrogens is 2. The number of hydrogen-bond donors (Lipinski definition) is 1. The molecule has 0 unspecified atom stereocenters. The third-order valence-corrected chi connectivity index (χ3v) is 6.13. The number of carbonyl (C=O) groups excluding carboxylic acids is 1. The molecule has 4 rings (SSSR count). The highest BCUT2D eigenvalue weighted by Crippen LogP contribution is 2.34. The van der Waals surface area contributed by atoms with E-state index in [0.29, 0.717) is 22.1 Å². The number of halogens is 3. The van der Waals surface area contributed by atoms with Gasteiger partial charge in [0.25, 0.3) is 5.91 Å². The first-order chi connectivity index (χ1) is 17.5. The molecule has 0 aliphatic carbocycles. The normalized spacial score (nSPS) is 11.7. The molecule has 1 aromatic heterocycles. The van der Waals surface area contributed by atoms with Gasteiger partial charge >= 0.3 is 6.18 Å². The number of nitrogens with zero attached hydrogens (tertiary/aromatic N) is 2. The number of rotatable bonds is 7. The van der Waals surface area contributed by atoms with Crippen molar-refractivity contribution in [2.75, 3.05) is 11.9 Å². The molecular weight excluding hydrogens is 503 g/mol. The second-order valence-corrected chi connectivity index (χ2v) is 10.2. The van der Waals surface area contributed by atoms with E-state index in [4.69, 9.17) is 9.47 Å². The molecule has 1 heterocycles. The maximum atomic E-state index is 13.0. The van der Waals surface area contributed by atoms with Crippen molar-refractivity contribution in [1.82, 2.24) is 10.2 Å². The fourth-order valence-electron chi connectivity index (χ4n) is 3.31. The number of ether oxygens (including phenoxy) is 2. The number of nitrogens with one attached hydrogen (secondary N) is 1. The van der Waals surface area contributed by atoms with Gasteiger partial charge < -0.3 is 9.47 Å². The van der Waals surface area contributed by atoms with Crippen LogP contribution in [0.3, 0.4) is 0 Å². The maximum Gasteiger partial charge on any atom is 0.416 e. The molecule has 0 saturated carbocycles. The van der Waals surface area contributed by atoms with Crippen LogP contribution in [0.4, 0.5) is 18.3 Å². The van der Waals surface area contributed by atoms with Crippen LogP contribution in [-0.4, -0.2) is 22.7 Å². The van der Waals surface area contributed by atoms with Gasteiger partial charge in [0.05, 0.1) is 5.56 Å². The third kappa shape index (κ3) is 7.07. The van der Waals surface area contributed by atoms with Gasteiger partial charge in [-0.25, -0.2) is 0 Å². The van der Waals surface area contributed by atoms with Gasteiger partial charge in [0, 0.05) is 5.56 Å². The van der Waals surface area contributed by atoms with Crippen LogP contribution in [0.2, 0.25) is 0 Å². The number of hydrogen-bond acceptors (Lipinski definition) is 6. The summed E-state index contributed by atoms with van der Waals surface area (Å²) >= 11 is 1.15. The maximum absolute atomic E-state index is 13.0. The van der Waals surface area contributed by atoms with E-state index in [9.17, 15) is 18.0 Å². The topological polar surface area (TPSA) is 73.3 Å². The molecule has 0 saturated heterocycles. The van der Waals surface area contributed by atoms with Crippen LogP contribution in [0, 0.1) is 0 Å². The average Bonchev–Trinajstić information content (AvgIpc) is 3.31. The molecule has 0 aliphatic heterocycles. The molecule has 0 spiro atoms. The summed E-state index contributed by atoms with van der Waals surface area (Å²) in [5.41, 5.74) is 1.03. The van der Waals surface area contributed by atoms with E-state index in [1.807, 2.05) is 24.3 Å². The lowest BCUT2D eigenvalue weighted by atomic mass is 9.87. The van der Waals surface area contributed by atoms with E-state index in [2.05, 4.69) is 36.3 Å². The zero-order chi connectivity index (χ0) is 26.6. The highest BCUT2D eigenvalue weighted by molar-refractivity contribution is 7.18. The Bertz CT molecular complexity index is 1380. The number of benzene rings is 3. The van der Waals surface area contributed by atoms with Crippen LogP contribution < -0.4 is 14.8 Å². The molecule has 0 radical (unpaired) electrons. The first-order valence-electron chi connectivity index (χ1n) is 11.3. The van der Waals surface area contributed by atoms with Crippen LogP contribution in [0.5, 0.6) is 17.2 Å². The fraction of sp³-hybridized carbons (Fsp3) is 0.222. The predicted molar refractivity (Wildman–Crippen MR) is 136 cm³/mol. The smallest absolute Gasteiger partial charge is 0.416 e. The first kappa shape index (κ1) is 26.2. The zero-order valence-corrected chi connectivity index (χ0v) is 21.1. The highest BCUT2D eigenvalue weighted by Gasteiger charge is 2.30. The van der Waals surface area contributed by atoms with Crippen LogP contribution in [-0.2, 0) is 16.4 Å². The van der Waals surface area contributed by atoms with E-state index >= 15 is 0 Å². The van der Waals surface area contributed by atoms with Gasteiger partial charge in [0.2, 0.25) is 5.13 Å². The van der Waals surface area contributed by atoms with Crippen LogP contribution in [0.15, 0.2) is 72.8 Å². The molecule has 192 valence electrons. The lowest BCUT2D eigenvalue weighted by molar-refractivity contribution is -0.137. The average molecular weight is 528 g/mol. The van der Waals surface area contributed by atoms with Crippen LogP contribution >= 0.6 is 11.3 Å². The van der Waals surface area contributed by atoms with Crippen molar-refractivity contribution in [3.05, 3.63) is 83.9 Å². The lowest BCUT2D eigenvalue weighted by Gasteiger charge is -2.19. The first-order valence-corrected chi connectivity index (χ1v) is 12.1. The van der Waals surface area contributed by atoms with Crippen molar-refractivity contribution in [3.8, 4) is 27.8 Å². The van der Waals surface area contributed by atoms with Crippen molar-refractivity contribution >= 4 is 22.4 Å². The minimum absolute atomic E-state index is 0.0231. The Labute approximate surface area is 216 Å². The molecule has 4 aromatic rings. The Morgan fingerprint density at radius 2 is 1.54 bits per heavy atom. The Morgan fingerprint density at radius 1 is 0.865 bits per heavy atom. The molecule has 0 fully saturated rings. The number of anilines is 1. The summed E-state index contributed by atoms with van der Waals surface area (Å²) in [6, 6.07) is 18.9. The summed E-state index contributed by atoms with van der Waals surface area (Å²) in [6.07, 6.45) is -4.46. The molecule has 0 atom stereocenters. The van der Waals surface area contributed by atoms with Gasteiger partial charge in [-0.05, 0) is 53.4 Å². The predicted octanol–water partition coefficient (Wildman–Crippen LogP) is 7.33. The van der Waals surface area contributed by atoms with E-state index < -0.39 is 11.7 Å². The van der Waals surface area contributed by atoms with Crippen molar-refractivity contribution in [3.63, 3.8) is 0 Å². The lowest BCUT2D eigenvalue weighted by Crippen LogP contribution is -2.20. The molecule has 1 N–H and O–H groups in total. The van der Waals surface area contributed by atoms with E-state index in [1.54, 1.807) is 24.3 Å². The summed E-state index contributed by atoms with van der Waals surface area (Å²) in [4.78, 5) is 12.3. The van der Waals surface area contributed by atoms with Crippen molar-refractivity contribution < 1.29 is 27.4 Å². The second kappa shape index (κ2) is 10.6. The minimum Gasteiger partial charge on any atom is -0.484 e. The Hall–Kier alpha value is -3.92. The summed E-state index contributed by atoms with van der Waals surface area (Å²) in [6.45, 7) is 6.16. The quantitative estimate of drug-likeness (QED) is 0.272. The molecule has 1 amide bonds. The van der Waals surface area contributed by atoms with Crippen molar-refractivity contribution in [2.24, 2.45) is 0 Å². The Balaban J connectivity index is 1.36. The van der Waals surface area contributed by atoms with Gasteiger partial charge in [0.1, 0.15) is 22.3 Å². The Morgan fingerprint density at radius 3 is 2.22 bits per heavy atom. The summed E-state index contributed by atoms with van der Waals surface area (Å²) in [7, 11) is 0. The number of carbonyl (C=O) groups is 1. The molecule has 0 bridgehead atoms. The highest BCUT2D eigenvalue weighted by atomic mass is 32.1. The van der Waals surface area contributed by atoms with E-state index in [1.165, 1.54) is 12.1 Å². The monoisotopic (exact) mass is 527 g/mol. The molecule has 6 nitrogen and oxygen atoms in total. The number of alkyl halides is 3. The summed E-state index contributed by atoms with van der Waals surface area (Å²) < 4.78 is 50.1. The van der Waals surface area contributed by atoms with E-state index in [0.717, 1.165) is 29.0 Å². The summed E-state index contributed by atoms with van der Waals surface area (Å²) in [5.74, 6) is 0.594. The van der Waals surface area contributed by atoms with Gasteiger partial charge in [-0.2, -0.15) is 13.2 Å². The molecule has 10 heteroatoms. The van der Waals surface area contributed by atoms with Crippen molar-refractivity contribution in [1.29, 1.82) is 0 Å². The summed E-state index contributed by atoms with van der Waals surface area (Å²) in [5, 5.41) is 11.5. The fourth-order valence-corrected chi connectivity index (χ4v) is 4.07. The van der Waals surface area contributed by atoms with Gasteiger partial charge in [0.15, 0.2) is 6.61 Å². The van der Waals surface area contributed by atoms with Crippen molar-refractivity contribution in [2.45, 2.75) is 32.4 Å². The molecule has 0 aliphatic rings. The molecular formula is C27H24F3N3O3S. The SMILES string of the molecule is CC(C)(C)c1ccc(OCC(=O)Nc2nnc(-c3cccc(Oc4cccc(C(F)(F)F)c4)c3)s2)cc1. The molecule has 3 aromatic carbocycles. The minimum atomic E-state index is -4.46. The van der Waals surface area contributed by atoms with Crippen LogP contribution in [0.1, 0.15) is 31.9 Å². The number of amides is 1. The zero-order valence-electron chi connectivity index (χ0n) is 20.3. The van der Waals surface area contributed by atoms with Gasteiger partial charge in [-0.15, -0.1) is 10.2 Å². The third-order valence-electron chi connectivity index (χ3n) is 5.24. The van der Waals surface area contributed by atoms with Crippen LogP contribution in [0.25, 0.3) is 10.6 Å². The largest absolute Gasteiger partial charge is 0.484 e. The Kier molecular flexibility index (Phi) is 7.49. The standard InChI is InChI=1S/C27H24F3N3O3S/c1-26(2,3)18-10-12-20(13-11-18)35-16-23(34)31-25-33-32-24(37-25)17-6-4-8-21(14-17)36-22-9-5-7-19(15-22)27(28,29)30/h4-15H,16H2,1-3H3,(H,31,33,34).